The van der Waals surface area contributed by atoms with Crippen LogP contribution in [0.15, 0.2) is 30.6 Å². The Morgan fingerprint density at radius 1 is 1.39 bits per heavy atom. The number of benzene rings is 1. The molecule has 0 radical (unpaired) electrons. The summed E-state index contributed by atoms with van der Waals surface area (Å²) in [6, 6.07) is 7.56. The lowest BCUT2D eigenvalue weighted by atomic mass is 10.2. The third-order valence-corrected chi connectivity index (χ3v) is 2.96. The highest BCUT2D eigenvalue weighted by atomic mass is 16.5. The topological polar surface area (TPSA) is 66.0 Å². The van der Waals surface area contributed by atoms with Crippen molar-refractivity contribution in [1.29, 1.82) is 0 Å². The molecule has 1 aliphatic rings. The molecule has 2 aromatic rings. The molecule has 0 unspecified atom stereocenters. The van der Waals surface area contributed by atoms with Crippen molar-refractivity contribution in [1.82, 2.24) is 14.8 Å². The molecule has 2 N–H and O–H groups in total. The van der Waals surface area contributed by atoms with E-state index in [9.17, 15) is 0 Å². The second-order valence-electron chi connectivity index (χ2n) is 4.68. The zero-order valence-electron chi connectivity index (χ0n) is 10.1. The molecular formula is C13H16N4O. The molecule has 18 heavy (non-hydrogen) atoms. The molecule has 0 amide bonds. The molecule has 5 heteroatoms. The molecule has 1 aromatic carbocycles. The Balaban J connectivity index is 1.64. The van der Waals surface area contributed by atoms with E-state index in [4.69, 9.17) is 10.5 Å². The van der Waals surface area contributed by atoms with Crippen LogP contribution in [0.25, 0.3) is 11.4 Å². The van der Waals surface area contributed by atoms with Gasteiger partial charge < -0.3 is 10.5 Å². The van der Waals surface area contributed by atoms with Crippen LogP contribution in [0.1, 0.15) is 12.8 Å². The summed E-state index contributed by atoms with van der Waals surface area (Å²) in [7, 11) is 0. The van der Waals surface area contributed by atoms with E-state index in [2.05, 4.69) is 10.1 Å². The maximum atomic E-state index is 5.74. The van der Waals surface area contributed by atoms with Crippen molar-refractivity contribution in [2.45, 2.75) is 19.6 Å². The summed E-state index contributed by atoms with van der Waals surface area (Å²) >= 11 is 0. The minimum Gasteiger partial charge on any atom is -0.399 e. The molecule has 0 saturated heterocycles. The first-order valence-electron chi connectivity index (χ1n) is 6.14. The van der Waals surface area contributed by atoms with Crippen LogP contribution < -0.4 is 5.73 Å². The molecule has 1 aromatic heterocycles. The number of ether oxygens (including phenoxy) is 1. The van der Waals surface area contributed by atoms with Gasteiger partial charge in [-0.2, -0.15) is 0 Å². The van der Waals surface area contributed by atoms with E-state index in [1.165, 1.54) is 12.8 Å². The third-order valence-electron chi connectivity index (χ3n) is 2.96. The number of anilines is 1. The van der Waals surface area contributed by atoms with Crippen molar-refractivity contribution in [2.75, 3.05) is 12.3 Å². The maximum Gasteiger partial charge on any atom is 0.181 e. The van der Waals surface area contributed by atoms with E-state index in [-0.39, 0.29) is 0 Å². The lowest BCUT2D eigenvalue weighted by Gasteiger charge is -2.01. The van der Waals surface area contributed by atoms with E-state index < -0.39 is 0 Å². The molecule has 0 spiro atoms. The first kappa shape index (κ1) is 11.2. The number of hydrogen-bond donors (Lipinski definition) is 1. The highest BCUT2D eigenvalue weighted by Crippen LogP contribution is 2.28. The molecule has 0 atom stereocenters. The van der Waals surface area contributed by atoms with Gasteiger partial charge in [-0.15, -0.1) is 5.10 Å². The van der Waals surface area contributed by atoms with Gasteiger partial charge in [0.05, 0.1) is 6.61 Å². The molecule has 5 nitrogen and oxygen atoms in total. The van der Waals surface area contributed by atoms with Gasteiger partial charge in [-0.3, -0.25) is 0 Å². The Labute approximate surface area is 106 Å². The fourth-order valence-electron chi connectivity index (χ4n) is 1.76. The summed E-state index contributed by atoms with van der Waals surface area (Å²) in [5, 5.41) is 4.36. The number of nitrogen functional groups attached to an aromatic ring is 1. The highest BCUT2D eigenvalue weighted by Gasteiger charge is 2.21. The Morgan fingerprint density at radius 2 is 2.28 bits per heavy atom. The van der Waals surface area contributed by atoms with Crippen molar-refractivity contribution < 1.29 is 4.74 Å². The Hall–Kier alpha value is -1.88. The van der Waals surface area contributed by atoms with Crippen LogP contribution in [-0.4, -0.2) is 21.4 Å². The van der Waals surface area contributed by atoms with E-state index in [1.54, 1.807) is 11.0 Å². The third kappa shape index (κ3) is 2.68. The van der Waals surface area contributed by atoms with E-state index in [0.717, 1.165) is 18.1 Å². The van der Waals surface area contributed by atoms with Crippen molar-refractivity contribution >= 4 is 5.69 Å². The van der Waals surface area contributed by atoms with E-state index in [0.29, 0.717) is 18.2 Å². The van der Waals surface area contributed by atoms with Gasteiger partial charge in [-0.05, 0) is 30.9 Å². The first-order valence-corrected chi connectivity index (χ1v) is 6.14. The van der Waals surface area contributed by atoms with Crippen LogP contribution in [0.2, 0.25) is 0 Å². The number of hydrogen-bond acceptors (Lipinski definition) is 4. The van der Waals surface area contributed by atoms with Crippen LogP contribution in [0.3, 0.4) is 0 Å². The minimum absolute atomic E-state index is 0.464. The lowest BCUT2D eigenvalue weighted by molar-refractivity contribution is 0.0611. The van der Waals surface area contributed by atoms with Crippen molar-refractivity contribution in [3.8, 4) is 11.4 Å². The fraction of sp³-hybridized carbons (Fsp3) is 0.385. The molecule has 1 saturated carbocycles. The summed E-state index contributed by atoms with van der Waals surface area (Å²) in [6.45, 7) is 1.29. The minimum atomic E-state index is 0.464. The first-order chi connectivity index (χ1) is 8.81. The average molecular weight is 244 g/mol. The quantitative estimate of drug-likeness (QED) is 0.816. The summed E-state index contributed by atoms with van der Waals surface area (Å²) in [5.74, 6) is 1.44. The molecule has 1 fully saturated rings. The lowest BCUT2D eigenvalue weighted by Crippen LogP contribution is -2.05. The smallest absolute Gasteiger partial charge is 0.181 e. The van der Waals surface area contributed by atoms with Crippen LogP contribution in [0.5, 0.6) is 0 Å². The van der Waals surface area contributed by atoms with Crippen molar-refractivity contribution in [3.63, 3.8) is 0 Å². The summed E-state index contributed by atoms with van der Waals surface area (Å²) in [5.41, 5.74) is 7.38. The van der Waals surface area contributed by atoms with Crippen LogP contribution in [-0.2, 0) is 11.5 Å². The molecule has 1 aliphatic carbocycles. The van der Waals surface area contributed by atoms with Crippen LogP contribution in [0.4, 0.5) is 5.69 Å². The normalized spacial score (nSPS) is 14.9. The summed E-state index contributed by atoms with van der Waals surface area (Å²) in [4.78, 5) is 4.26. The van der Waals surface area contributed by atoms with Crippen LogP contribution >= 0.6 is 0 Å². The molecular weight excluding hydrogens is 228 g/mol. The molecule has 0 aliphatic heterocycles. The largest absolute Gasteiger partial charge is 0.399 e. The standard InChI is InChI=1S/C13H16N4O/c14-12-3-1-2-11(6-12)13-15-8-17(16-13)9-18-7-10-4-5-10/h1-3,6,8,10H,4-5,7,9,14H2. The Morgan fingerprint density at radius 3 is 3.06 bits per heavy atom. The molecule has 3 rings (SSSR count). The van der Waals surface area contributed by atoms with Gasteiger partial charge in [0, 0.05) is 11.3 Å². The number of nitrogens with two attached hydrogens (primary N) is 1. The van der Waals surface area contributed by atoms with Gasteiger partial charge in [-0.1, -0.05) is 12.1 Å². The molecule has 94 valence electrons. The Kier molecular flexibility index (Phi) is 2.98. The zero-order valence-corrected chi connectivity index (χ0v) is 10.1. The predicted octanol–water partition coefficient (Wildman–Crippen LogP) is 1.91. The van der Waals surface area contributed by atoms with Gasteiger partial charge in [-0.25, -0.2) is 9.67 Å². The van der Waals surface area contributed by atoms with Gasteiger partial charge in [0.1, 0.15) is 13.1 Å². The highest BCUT2D eigenvalue weighted by molar-refractivity contribution is 5.60. The maximum absolute atomic E-state index is 5.74. The Bertz CT molecular complexity index is 533. The number of aromatic nitrogens is 3. The predicted molar refractivity (Wildman–Crippen MR) is 68.5 cm³/mol. The summed E-state index contributed by atoms with van der Waals surface area (Å²) in [6.07, 6.45) is 4.28. The second kappa shape index (κ2) is 4.78. The molecule has 1 heterocycles. The monoisotopic (exact) mass is 244 g/mol. The van der Waals surface area contributed by atoms with E-state index >= 15 is 0 Å². The van der Waals surface area contributed by atoms with Crippen molar-refractivity contribution in [3.05, 3.63) is 30.6 Å². The fourth-order valence-corrected chi connectivity index (χ4v) is 1.76. The number of nitrogens with zero attached hydrogens (tertiary/aromatic N) is 3. The zero-order chi connectivity index (χ0) is 12.4. The van der Waals surface area contributed by atoms with Gasteiger partial charge in [0.25, 0.3) is 0 Å². The van der Waals surface area contributed by atoms with Crippen LogP contribution in [0, 0.1) is 5.92 Å². The number of rotatable bonds is 5. The second-order valence-corrected chi connectivity index (χ2v) is 4.68. The molecule has 0 bridgehead atoms. The van der Waals surface area contributed by atoms with Gasteiger partial charge in [0.2, 0.25) is 0 Å². The van der Waals surface area contributed by atoms with Gasteiger partial charge >= 0.3 is 0 Å². The van der Waals surface area contributed by atoms with Gasteiger partial charge in [0.15, 0.2) is 5.82 Å². The summed E-state index contributed by atoms with van der Waals surface area (Å²) < 4.78 is 7.26. The average Bonchev–Trinajstić information content (AvgIpc) is 3.06. The van der Waals surface area contributed by atoms with Crippen molar-refractivity contribution in [2.24, 2.45) is 5.92 Å². The van der Waals surface area contributed by atoms with E-state index in [1.807, 2.05) is 24.3 Å². The SMILES string of the molecule is Nc1cccc(-c2ncn(COCC3CC3)n2)c1.